The molecule has 0 spiro atoms. The lowest BCUT2D eigenvalue weighted by molar-refractivity contribution is 0.569. The van der Waals surface area contributed by atoms with Gasteiger partial charge in [-0.3, -0.25) is 0 Å². The summed E-state index contributed by atoms with van der Waals surface area (Å²) in [6.07, 6.45) is 0. The highest BCUT2D eigenvalue weighted by molar-refractivity contribution is 5.97. The fraction of sp³-hybridized carbons (Fsp3) is 0.250. The number of nitrogens with one attached hydrogen (secondary N) is 2. The van der Waals surface area contributed by atoms with Crippen LogP contribution in [0.1, 0.15) is 105 Å². The second kappa shape index (κ2) is 18.0. The molecule has 0 saturated heterocycles. The number of rotatable bonds is 9. The highest BCUT2D eigenvalue weighted by Crippen LogP contribution is 2.46. The molecule has 0 unspecified atom stereocenters. The first-order valence-corrected chi connectivity index (χ1v) is 23.7. The number of benzene rings is 8. The van der Waals surface area contributed by atoms with E-state index in [4.69, 9.17) is 0 Å². The summed E-state index contributed by atoms with van der Waals surface area (Å²) < 4.78 is 0. The Balaban J connectivity index is 1.42. The molecule has 0 aliphatic heterocycles. The molecule has 0 heterocycles. The molecule has 2 nitrogen and oxygen atoms in total. The van der Waals surface area contributed by atoms with Crippen molar-refractivity contribution in [1.29, 1.82) is 0 Å². The Bertz CT molecular complexity index is 2630. The van der Waals surface area contributed by atoms with E-state index >= 15 is 0 Å². The van der Waals surface area contributed by atoms with Gasteiger partial charge in [0.25, 0.3) is 0 Å². The van der Waals surface area contributed by atoms with Crippen molar-refractivity contribution in [1.82, 2.24) is 0 Å². The van der Waals surface area contributed by atoms with E-state index in [2.05, 4.69) is 276 Å². The van der Waals surface area contributed by atoms with Crippen LogP contribution in [-0.4, -0.2) is 0 Å². The molecule has 0 atom stereocenters. The van der Waals surface area contributed by atoms with Crippen molar-refractivity contribution < 1.29 is 0 Å². The number of anilines is 4. The zero-order chi connectivity index (χ0) is 47.0. The van der Waals surface area contributed by atoms with Gasteiger partial charge in [-0.1, -0.05) is 223 Å². The Kier molecular flexibility index (Phi) is 12.5. The predicted octanol–water partition coefficient (Wildman–Crippen LogP) is 18.7. The van der Waals surface area contributed by atoms with E-state index in [1.807, 2.05) is 0 Å². The molecule has 8 aromatic carbocycles. The molecule has 2 heteroatoms. The molecule has 0 amide bonds. The van der Waals surface area contributed by atoms with Crippen LogP contribution in [0.2, 0.25) is 0 Å². The van der Waals surface area contributed by atoms with Crippen LogP contribution in [0.5, 0.6) is 0 Å². The van der Waals surface area contributed by atoms with Crippen LogP contribution in [-0.2, 0) is 21.7 Å². The molecule has 0 bridgehead atoms. The second-order valence-electron chi connectivity index (χ2n) is 22.2. The van der Waals surface area contributed by atoms with Crippen LogP contribution in [0.15, 0.2) is 182 Å². The van der Waals surface area contributed by atoms with E-state index < -0.39 is 0 Å². The number of hydrogen-bond donors (Lipinski definition) is 2. The van der Waals surface area contributed by atoms with Crippen molar-refractivity contribution in [3.63, 3.8) is 0 Å². The van der Waals surface area contributed by atoms with Gasteiger partial charge >= 0.3 is 0 Å². The Labute approximate surface area is 396 Å². The van der Waals surface area contributed by atoms with Crippen molar-refractivity contribution in [3.8, 4) is 55.6 Å². The van der Waals surface area contributed by atoms with Gasteiger partial charge in [-0.25, -0.2) is 0 Å². The molecule has 0 saturated carbocycles. The van der Waals surface area contributed by atoms with Crippen molar-refractivity contribution in [3.05, 3.63) is 204 Å². The predicted molar refractivity (Wildman–Crippen MR) is 288 cm³/mol. The SMILES string of the molecule is CC(C)(C)c1cc(-c2cc(Nc3c(-c4ccccc4)cc(C(C)(C)C)cc3-c3ccccc3)cc(Nc3c(-c4ccccc4)cc(C(C)(C)C)cc3-c3ccccc3)c2)cc(C(C)(C)C)c1. The highest BCUT2D eigenvalue weighted by Gasteiger charge is 2.25. The zero-order valence-corrected chi connectivity index (χ0v) is 41.3. The van der Waals surface area contributed by atoms with Gasteiger partial charge in [-0.05, 0) is 120 Å². The first-order valence-electron chi connectivity index (χ1n) is 23.7. The lowest BCUT2D eigenvalue weighted by Gasteiger charge is -2.27. The molecule has 334 valence electrons. The van der Waals surface area contributed by atoms with Crippen LogP contribution in [0.4, 0.5) is 22.7 Å². The van der Waals surface area contributed by atoms with Crippen molar-refractivity contribution in [2.45, 2.75) is 105 Å². The largest absolute Gasteiger partial charge is 0.354 e. The maximum atomic E-state index is 4.12. The van der Waals surface area contributed by atoms with Crippen LogP contribution >= 0.6 is 0 Å². The molecule has 66 heavy (non-hydrogen) atoms. The van der Waals surface area contributed by atoms with Gasteiger partial charge in [0.05, 0.1) is 11.4 Å². The normalized spacial score (nSPS) is 12.2. The standard InChI is InChI=1S/C64H68N2/c1-61(2,3)49-33-47(34-50(37-49)62(4,5)6)48-35-53(65-59-55(43-25-17-13-18-26-43)38-51(63(7,8)9)39-56(59)44-27-19-14-20-28-44)42-54(36-48)66-60-57(45-29-21-15-22-30-45)40-52(64(10,11)12)41-58(60)46-31-23-16-24-32-46/h13-42,65-66H,1-12H3. The summed E-state index contributed by atoms with van der Waals surface area (Å²) in [5, 5.41) is 8.25. The topological polar surface area (TPSA) is 24.1 Å². The minimum absolute atomic E-state index is 0.0408. The van der Waals surface area contributed by atoms with E-state index in [1.165, 1.54) is 72.3 Å². The van der Waals surface area contributed by atoms with Gasteiger partial charge in [0.2, 0.25) is 0 Å². The first kappa shape index (κ1) is 45.9. The number of hydrogen-bond acceptors (Lipinski definition) is 2. The third-order valence-electron chi connectivity index (χ3n) is 12.8. The van der Waals surface area contributed by atoms with Crippen LogP contribution in [0.3, 0.4) is 0 Å². The molecule has 0 radical (unpaired) electrons. The quantitative estimate of drug-likeness (QED) is 0.151. The van der Waals surface area contributed by atoms with Crippen molar-refractivity contribution >= 4 is 22.7 Å². The molecular formula is C64H68N2. The van der Waals surface area contributed by atoms with Crippen LogP contribution in [0.25, 0.3) is 55.6 Å². The van der Waals surface area contributed by atoms with Crippen molar-refractivity contribution in [2.24, 2.45) is 0 Å². The first-order chi connectivity index (χ1) is 31.2. The lowest BCUT2D eigenvalue weighted by Crippen LogP contribution is -2.16. The summed E-state index contributed by atoms with van der Waals surface area (Å²) in [6.45, 7) is 27.7. The maximum Gasteiger partial charge on any atom is 0.0543 e. The van der Waals surface area contributed by atoms with E-state index in [0.29, 0.717) is 0 Å². The lowest BCUT2D eigenvalue weighted by atomic mass is 9.79. The van der Waals surface area contributed by atoms with Gasteiger partial charge in [-0.15, -0.1) is 0 Å². The fourth-order valence-electron chi connectivity index (χ4n) is 8.69. The Morgan fingerprint density at radius 2 is 0.485 bits per heavy atom. The van der Waals surface area contributed by atoms with Crippen LogP contribution in [0, 0.1) is 0 Å². The Morgan fingerprint density at radius 3 is 0.742 bits per heavy atom. The summed E-state index contributed by atoms with van der Waals surface area (Å²) >= 11 is 0. The van der Waals surface area contributed by atoms with Gasteiger partial charge in [0.1, 0.15) is 0 Å². The molecule has 0 aliphatic rings. The van der Waals surface area contributed by atoms with Gasteiger partial charge in [0.15, 0.2) is 0 Å². The second-order valence-corrected chi connectivity index (χ2v) is 22.2. The molecule has 8 rings (SSSR count). The Hall–Kier alpha value is -6.64. The third-order valence-corrected chi connectivity index (χ3v) is 12.8. The van der Waals surface area contributed by atoms with Crippen LogP contribution < -0.4 is 10.6 Å². The molecule has 0 aliphatic carbocycles. The highest BCUT2D eigenvalue weighted by atomic mass is 14.9. The molecule has 8 aromatic rings. The monoisotopic (exact) mass is 865 g/mol. The van der Waals surface area contributed by atoms with Gasteiger partial charge in [0, 0.05) is 33.6 Å². The smallest absolute Gasteiger partial charge is 0.0543 e. The summed E-state index contributed by atoms with van der Waals surface area (Å²) in [6, 6.07) is 67.2. The summed E-state index contributed by atoms with van der Waals surface area (Å²) in [5.74, 6) is 0. The zero-order valence-electron chi connectivity index (χ0n) is 41.3. The van der Waals surface area contributed by atoms with Crippen molar-refractivity contribution in [2.75, 3.05) is 10.6 Å². The third kappa shape index (κ3) is 10.2. The fourth-order valence-corrected chi connectivity index (χ4v) is 8.69. The molecule has 2 N–H and O–H groups in total. The van der Waals surface area contributed by atoms with Gasteiger partial charge < -0.3 is 10.6 Å². The van der Waals surface area contributed by atoms with E-state index in [0.717, 1.165) is 28.3 Å². The summed E-state index contributed by atoms with van der Waals surface area (Å²) in [4.78, 5) is 0. The maximum absolute atomic E-state index is 4.12. The molecular weight excluding hydrogens is 797 g/mol. The van der Waals surface area contributed by atoms with E-state index in [-0.39, 0.29) is 21.7 Å². The summed E-state index contributed by atoms with van der Waals surface area (Å²) in [5.41, 5.74) is 20.9. The average molecular weight is 865 g/mol. The molecule has 0 aromatic heterocycles. The minimum atomic E-state index is -0.0686. The molecule has 0 fully saturated rings. The van der Waals surface area contributed by atoms with E-state index in [9.17, 15) is 0 Å². The van der Waals surface area contributed by atoms with E-state index in [1.54, 1.807) is 0 Å². The summed E-state index contributed by atoms with van der Waals surface area (Å²) in [7, 11) is 0. The average Bonchev–Trinajstić information content (AvgIpc) is 3.28. The minimum Gasteiger partial charge on any atom is -0.354 e. The van der Waals surface area contributed by atoms with Gasteiger partial charge in [-0.2, -0.15) is 0 Å². The Morgan fingerprint density at radius 1 is 0.242 bits per heavy atom.